The predicted molar refractivity (Wildman–Crippen MR) is 85.9 cm³/mol. The topological polar surface area (TPSA) is 63.2 Å². The highest BCUT2D eigenvalue weighted by Crippen LogP contribution is 2.22. The zero-order valence-electron chi connectivity index (χ0n) is 12.1. The summed E-state index contributed by atoms with van der Waals surface area (Å²) in [5.74, 6) is -0.116. The second kappa shape index (κ2) is 5.99. The summed E-state index contributed by atoms with van der Waals surface area (Å²) in [4.78, 5) is 14.1. The van der Waals surface area contributed by atoms with Crippen molar-refractivity contribution in [3.8, 4) is 0 Å². The van der Waals surface area contributed by atoms with Crippen LogP contribution in [-0.4, -0.2) is 20.1 Å². The summed E-state index contributed by atoms with van der Waals surface area (Å²) >= 11 is 1.44. The van der Waals surface area contributed by atoms with E-state index in [1.165, 1.54) is 23.5 Å². The van der Waals surface area contributed by atoms with Crippen LogP contribution in [0.2, 0.25) is 0 Å². The van der Waals surface area contributed by atoms with Gasteiger partial charge in [0, 0.05) is 10.6 Å². The van der Waals surface area contributed by atoms with Gasteiger partial charge in [-0.25, -0.2) is 8.42 Å². The summed E-state index contributed by atoms with van der Waals surface area (Å²) in [5.41, 5.74) is 1.67. The molecule has 0 aliphatic carbocycles. The van der Waals surface area contributed by atoms with E-state index in [0.29, 0.717) is 10.6 Å². The van der Waals surface area contributed by atoms with Gasteiger partial charge in [-0.2, -0.15) is 0 Å². The van der Waals surface area contributed by atoms with Gasteiger partial charge in [-0.3, -0.25) is 4.79 Å². The largest absolute Gasteiger partial charge is 0.321 e. The highest BCUT2D eigenvalue weighted by Gasteiger charge is 2.13. The Hall–Kier alpha value is -1.66. The molecule has 0 spiro atoms. The Labute approximate surface area is 128 Å². The highest BCUT2D eigenvalue weighted by atomic mass is 32.2. The highest BCUT2D eigenvalue weighted by molar-refractivity contribution is 7.91. The molecule has 1 heterocycles. The van der Waals surface area contributed by atoms with Crippen molar-refractivity contribution in [1.29, 1.82) is 0 Å². The molecule has 0 radical (unpaired) electrons. The Bertz CT molecular complexity index is 739. The van der Waals surface area contributed by atoms with Crippen LogP contribution in [0.4, 0.5) is 5.69 Å². The number of hydrogen-bond donors (Lipinski definition) is 1. The number of amides is 1. The number of aryl methyl sites for hydroxylation is 2. The molecule has 0 aliphatic rings. The first kappa shape index (κ1) is 15.7. The summed E-state index contributed by atoms with van der Waals surface area (Å²) in [6, 6.07) is 8.09. The number of carbonyl (C=O) groups excluding carboxylic acids is 1. The van der Waals surface area contributed by atoms with Gasteiger partial charge in [0.1, 0.15) is 0 Å². The van der Waals surface area contributed by atoms with Gasteiger partial charge in [0.25, 0.3) is 5.91 Å². The van der Waals surface area contributed by atoms with E-state index in [-0.39, 0.29) is 16.6 Å². The van der Waals surface area contributed by atoms with E-state index in [1.54, 1.807) is 19.1 Å². The molecule has 21 heavy (non-hydrogen) atoms. The fourth-order valence-electron chi connectivity index (χ4n) is 1.79. The molecule has 4 nitrogen and oxygen atoms in total. The van der Waals surface area contributed by atoms with Gasteiger partial charge >= 0.3 is 0 Å². The Kier molecular flexibility index (Phi) is 4.49. The van der Waals surface area contributed by atoms with Crippen LogP contribution in [0, 0.1) is 13.8 Å². The number of thiophene rings is 1. The number of carbonyl (C=O) groups is 1. The minimum atomic E-state index is -3.21. The lowest BCUT2D eigenvalue weighted by Crippen LogP contribution is -2.10. The quantitative estimate of drug-likeness (QED) is 0.938. The second-order valence-corrected chi connectivity index (χ2v) is 8.27. The fourth-order valence-corrected chi connectivity index (χ4v) is 3.60. The van der Waals surface area contributed by atoms with E-state index in [0.717, 1.165) is 10.4 Å². The molecule has 0 saturated carbocycles. The smallest absolute Gasteiger partial charge is 0.265 e. The number of nitrogens with one attached hydrogen (secondary N) is 1. The maximum Gasteiger partial charge on any atom is 0.265 e. The Balaban J connectivity index is 2.15. The van der Waals surface area contributed by atoms with Crippen molar-refractivity contribution >= 4 is 32.8 Å². The normalized spacial score (nSPS) is 11.4. The number of rotatable bonds is 4. The maximum atomic E-state index is 12.1. The summed E-state index contributed by atoms with van der Waals surface area (Å²) in [5, 5.41) is 2.77. The lowest BCUT2D eigenvalue weighted by Gasteiger charge is -2.05. The van der Waals surface area contributed by atoms with Gasteiger partial charge in [-0.05, 0) is 49.7 Å². The Morgan fingerprint density at radius 1 is 1.19 bits per heavy atom. The zero-order chi connectivity index (χ0) is 15.6. The molecule has 1 amide bonds. The second-order valence-electron chi connectivity index (χ2n) is 4.73. The lowest BCUT2D eigenvalue weighted by molar-refractivity contribution is 0.103. The van der Waals surface area contributed by atoms with Crippen molar-refractivity contribution in [2.45, 2.75) is 25.7 Å². The molecule has 0 fully saturated rings. The van der Waals surface area contributed by atoms with Gasteiger partial charge < -0.3 is 5.32 Å². The van der Waals surface area contributed by atoms with Crippen LogP contribution in [0.1, 0.15) is 27.0 Å². The van der Waals surface area contributed by atoms with Crippen molar-refractivity contribution in [1.82, 2.24) is 0 Å². The van der Waals surface area contributed by atoms with Gasteiger partial charge in [0.05, 0.1) is 15.5 Å². The maximum absolute atomic E-state index is 12.1. The number of benzene rings is 1. The Morgan fingerprint density at radius 2 is 1.81 bits per heavy atom. The van der Waals surface area contributed by atoms with Crippen LogP contribution in [-0.2, 0) is 9.84 Å². The fraction of sp³-hybridized carbons (Fsp3) is 0.267. The van der Waals surface area contributed by atoms with Gasteiger partial charge in [0.15, 0.2) is 9.84 Å². The third-order valence-electron chi connectivity index (χ3n) is 3.24. The molecular weight excluding hydrogens is 306 g/mol. The summed E-state index contributed by atoms with van der Waals surface area (Å²) in [6.07, 6.45) is 0. The van der Waals surface area contributed by atoms with Crippen LogP contribution in [0.15, 0.2) is 35.2 Å². The number of sulfone groups is 1. The van der Waals surface area contributed by atoms with Gasteiger partial charge in [-0.1, -0.05) is 6.92 Å². The molecule has 0 saturated heterocycles. The summed E-state index contributed by atoms with van der Waals surface area (Å²) < 4.78 is 23.4. The molecule has 1 aromatic heterocycles. The zero-order valence-corrected chi connectivity index (χ0v) is 13.8. The van der Waals surface area contributed by atoms with Crippen LogP contribution in [0.25, 0.3) is 0 Å². The van der Waals surface area contributed by atoms with Crippen molar-refractivity contribution in [2.24, 2.45) is 0 Å². The van der Waals surface area contributed by atoms with Crippen LogP contribution >= 0.6 is 11.3 Å². The first-order valence-corrected chi connectivity index (χ1v) is 9.01. The van der Waals surface area contributed by atoms with E-state index < -0.39 is 9.84 Å². The van der Waals surface area contributed by atoms with Crippen molar-refractivity contribution in [2.75, 3.05) is 11.1 Å². The van der Waals surface area contributed by atoms with Gasteiger partial charge in [-0.15, -0.1) is 11.3 Å². The molecule has 1 N–H and O–H groups in total. The standard InChI is InChI=1S/C15H17NO3S2/c1-4-21(18,19)13-7-5-12(6-8-13)16-15(17)14-9-10(2)11(3)20-14/h5-9H,4H2,1-3H3,(H,16,17). The average Bonchev–Trinajstić information content (AvgIpc) is 2.79. The van der Waals surface area contributed by atoms with E-state index >= 15 is 0 Å². The lowest BCUT2D eigenvalue weighted by atomic mass is 10.2. The van der Waals surface area contributed by atoms with E-state index in [1.807, 2.05) is 19.9 Å². The van der Waals surface area contributed by atoms with Crippen molar-refractivity contribution in [3.05, 3.63) is 45.6 Å². The molecule has 0 unspecified atom stereocenters. The SMILES string of the molecule is CCS(=O)(=O)c1ccc(NC(=O)c2cc(C)c(C)s2)cc1. The van der Waals surface area contributed by atoms with Crippen LogP contribution < -0.4 is 5.32 Å². The Morgan fingerprint density at radius 3 is 2.29 bits per heavy atom. The summed E-state index contributed by atoms with van der Waals surface area (Å²) in [6.45, 7) is 5.54. The van der Waals surface area contributed by atoms with Crippen LogP contribution in [0.3, 0.4) is 0 Å². The number of hydrogen-bond acceptors (Lipinski definition) is 4. The predicted octanol–water partition coefficient (Wildman–Crippen LogP) is 3.41. The molecule has 1 aromatic carbocycles. The molecule has 2 aromatic rings. The third kappa shape index (κ3) is 3.51. The minimum absolute atomic E-state index is 0.0620. The van der Waals surface area contributed by atoms with Crippen LogP contribution in [0.5, 0.6) is 0 Å². The molecule has 6 heteroatoms. The molecule has 2 rings (SSSR count). The van der Waals surface area contributed by atoms with Gasteiger partial charge in [0.2, 0.25) is 0 Å². The molecule has 0 aliphatic heterocycles. The molecule has 0 bridgehead atoms. The first-order chi connectivity index (χ1) is 9.83. The van der Waals surface area contributed by atoms with E-state index in [4.69, 9.17) is 0 Å². The third-order valence-corrected chi connectivity index (χ3v) is 6.14. The van der Waals surface area contributed by atoms with E-state index in [2.05, 4.69) is 5.32 Å². The minimum Gasteiger partial charge on any atom is -0.321 e. The van der Waals surface area contributed by atoms with Crippen molar-refractivity contribution < 1.29 is 13.2 Å². The molecular formula is C15H17NO3S2. The monoisotopic (exact) mass is 323 g/mol. The number of anilines is 1. The average molecular weight is 323 g/mol. The first-order valence-electron chi connectivity index (χ1n) is 6.54. The molecule has 0 atom stereocenters. The molecule has 112 valence electrons. The van der Waals surface area contributed by atoms with E-state index in [9.17, 15) is 13.2 Å². The summed E-state index contributed by atoms with van der Waals surface area (Å²) in [7, 11) is -3.21. The van der Waals surface area contributed by atoms with Crippen molar-refractivity contribution in [3.63, 3.8) is 0 Å².